The molecule has 0 bridgehead atoms. The number of hydrogen-bond acceptors (Lipinski definition) is 2. The van der Waals surface area contributed by atoms with Crippen molar-refractivity contribution >= 4 is 5.91 Å². The number of hydrogen-bond donors (Lipinski definition) is 1. The Bertz CT molecular complexity index is 724. The molecule has 1 heterocycles. The van der Waals surface area contributed by atoms with E-state index in [0.717, 1.165) is 24.0 Å². The van der Waals surface area contributed by atoms with E-state index < -0.39 is 6.10 Å². The third kappa shape index (κ3) is 4.26. The van der Waals surface area contributed by atoms with Gasteiger partial charge in [-0.25, -0.2) is 4.39 Å². The highest BCUT2D eigenvalue weighted by Gasteiger charge is 2.28. The van der Waals surface area contributed by atoms with Gasteiger partial charge in [0.2, 0.25) is 0 Å². The molecule has 1 aliphatic rings. The Morgan fingerprint density at radius 2 is 1.88 bits per heavy atom. The molecule has 1 N–H and O–H groups in total. The predicted octanol–water partition coefficient (Wildman–Crippen LogP) is 3.59. The van der Waals surface area contributed by atoms with Crippen molar-refractivity contribution in [2.24, 2.45) is 5.92 Å². The summed E-state index contributed by atoms with van der Waals surface area (Å²) in [5, 5.41) is 10.5. The summed E-state index contributed by atoms with van der Waals surface area (Å²) >= 11 is 0. The molecule has 1 aliphatic heterocycles. The molecule has 1 saturated heterocycles. The van der Waals surface area contributed by atoms with Crippen LogP contribution in [0.4, 0.5) is 4.39 Å². The molecular formula is C21H24FNO2. The molecule has 132 valence electrons. The molecule has 0 spiro atoms. The third-order valence-electron chi connectivity index (χ3n) is 5.09. The van der Waals surface area contributed by atoms with Crippen molar-refractivity contribution in [3.8, 4) is 0 Å². The van der Waals surface area contributed by atoms with Gasteiger partial charge in [-0.1, -0.05) is 36.4 Å². The van der Waals surface area contributed by atoms with Gasteiger partial charge >= 0.3 is 0 Å². The minimum Gasteiger partial charge on any atom is -0.392 e. The van der Waals surface area contributed by atoms with Gasteiger partial charge in [0.1, 0.15) is 5.82 Å². The third-order valence-corrected chi connectivity index (χ3v) is 5.09. The number of benzene rings is 2. The zero-order valence-electron chi connectivity index (χ0n) is 14.5. The zero-order valence-corrected chi connectivity index (χ0v) is 14.5. The predicted molar refractivity (Wildman–Crippen MR) is 95.9 cm³/mol. The molecule has 0 aliphatic carbocycles. The second kappa shape index (κ2) is 7.79. The highest BCUT2D eigenvalue weighted by atomic mass is 19.1. The highest BCUT2D eigenvalue weighted by Crippen LogP contribution is 2.25. The van der Waals surface area contributed by atoms with E-state index in [1.807, 2.05) is 37.3 Å². The molecule has 2 aromatic carbocycles. The van der Waals surface area contributed by atoms with Crippen LogP contribution in [0.25, 0.3) is 0 Å². The Morgan fingerprint density at radius 3 is 2.56 bits per heavy atom. The smallest absolute Gasteiger partial charge is 0.254 e. The number of nitrogens with zero attached hydrogens (tertiary/aromatic N) is 1. The first kappa shape index (κ1) is 17.6. The fourth-order valence-electron chi connectivity index (χ4n) is 3.50. The average molecular weight is 341 g/mol. The number of piperidine rings is 1. The van der Waals surface area contributed by atoms with Gasteiger partial charge < -0.3 is 10.0 Å². The number of carbonyl (C=O) groups is 1. The molecule has 1 fully saturated rings. The zero-order chi connectivity index (χ0) is 17.8. The van der Waals surface area contributed by atoms with E-state index in [-0.39, 0.29) is 17.6 Å². The molecule has 0 saturated carbocycles. The van der Waals surface area contributed by atoms with Crippen LogP contribution in [-0.2, 0) is 6.42 Å². The largest absolute Gasteiger partial charge is 0.392 e. The SMILES string of the molecule is Cc1ccc(F)cc1C(=O)N1CCC([C@H](O)Cc2ccccc2)CC1. The van der Waals surface area contributed by atoms with Crippen LogP contribution in [0, 0.1) is 18.7 Å². The maximum absolute atomic E-state index is 13.4. The van der Waals surface area contributed by atoms with Crippen LogP contribution in [0.3, 0.4) is 0 Å². The van der Waals surface area contributed by atoms with Crippen LogP contribution in [-0.4, -0.2) is 35.1 Å². The molecule has 2 aromatic rings. The van der Waals surface area contributed by atoms with Crippen molar-refractivity contribution in [1.29, 1.82) is 0 Å². The molecule has 0 unspecified atom stereocenters. The highest BCUT2D eigenvalue weighted by molar-refractivity contribution is 5.95. The summed E-state index contributed by atoms with van der Waals surface area (Å²) in [6.45, 7) is 3.03. The molecule has 25 heavy (non-hydrogen) atoms. The molecule has 0 aromatic heterocycles. The maximum atomic E-state index is 13.4. The lowest BCUT2D eigenvalue weighted by Gasteiger charge is -2.34. The Morgan fingerprint density at radius 1 is 1.20 bits per heavy atom. The topological polar surface area (TPSA) is 40.5 Å². The average Bonchev–Trinajstić information content (AvgIpc) is 2.64. The van der Waals surface area contributed by atoms with Crippen LogP contribution in [0.5, 0.6) is 0 Å². The van der Waals surface area contributed by atoms with Crippen molar-refractivity contribution in [3.63, 3.8) is 0 Å². The van der Waals surface area contributed by atoms with E-state index in [1.165, 1.54) is 12.1 Å². The summed E-state index contributed by atoms with van der Waals surface area (Å²) in [4.78, 5) is 14.4. The molecule has 3 nitrogen and oxygen atoms in total. The monoisotopic (exact) mass is 341 g/mol. The van der Waals surface area contributed by atoms with Crippen LogP contribution in [0.15, 0.2) is 48.5 Å². The van der Waals surface area contributed by atoms with E-state index >= 15 is 0 Å². The lowest BCUT2D eigenvalue weighted by atomic mass is 9.87. The van der Waals surface area contributed by atoms with Gasteiger partial charge in [0, 0.05) is 18.7 Å². The molecule has 3 rings (SSSR count). The van der Waals surface area contributed by atoms with Crippen molar-refractivity contribution in [1.82, 2.24) is 4.90 Å². The van der Waals surface area contributed by atoms with Crippen LogP contribution in [0.2, 0.25) is 0 Å². The van der Waals surface area contributed by atoms with Gasteiger partial charge in [-0.3, -0.25) is 4.79 Å². The van der Waals surface area contributed by atoms with Crippen LogP contribution < -0.4 is 0 Å². The van der Waals surface area contributed by atoms with Gasteiger partial charge in [0.05, 0.1) is 6.10 Å². The Balaban J connectivity index is 1.58. The number of halogens is 1. The standard InChI is InChI=1S/C21H24FNO2/c1-15-7-8-18(22)14-19(15)21(25)23-11-9-17(10-12-23)20(24)13-16-5-3-2-4-6-16/h2-8,14,17,20,24H,9-13H2,1H3/t20-/m1/s1. The van der Waals surface area contributed by atoms with Crippen molar-refractivity contribution in [3.05, 3.63) is 71.0 Å². The Kier molecular flexibility index (Phi) is 5.49. The number of carbonyl (C=O) groups excluding carboxylic acids is 1. The van der Waals surface area contributed by atoms with E-state index in [1.54, 1.807) is 11.0 Å². The Labute approximate surface area is 148 Å². The van der Waals surface area contributed by atoms with Crippen molar-refractivity contribution in [2.45, 2.75) is 32.3 Å². The maximum Gasteiger partial charge on any atom is 0.254 e. The summed E-state index contributed by atoms with van der Waals surface area (Å²) < 4.78 is 13.4. The molecule has 1 atom stereocenters. The minimum atomic E-state index is -0.393. The minimum absolute atomic E-state index is 0.118. The first-order valence-corrected chi connectivity index (χ1v) is 8.82. The number of rotatable bonds is 4. The lowest BCUT2D eigenvalue weighted by molar-refractivity contribution is 0.0466. The fraction of sp³-hybridized carbons (Fsp3) is 0.381. The van der Waals surface area contributed by atoms with E-state index in [0.29, 0.717) is 25.1 Å². The summed E-state index contributed by atoms with van der Waals surface area (Å²) in [6, 6.07) is 14.3. The molecule has 0 radical (unpaired) electrons. The van der Waals surface area contributed by atoms with Gasteiger partial charge in [-0.05, 0) is 55.4 Å². The Hall–Kier alpha value is -2.20. The van der Waals surface area contributed by atoms with Gasteiger partial charge in [-0.15, -0.1) is 0 Å². The molecule has 4 heteroatoms. The fourth-order valence-corrected chi connectivity index (χ4v) is 3.50. The second-order valence-electron chi connectivity index (χ2n) is 6.85. The second-order valence-corrected chi connectivity index (χ2v) is 6.85. The normalized spacial score (nSPS) is 16.7. The molecule has 1 amide bonds. The van der Waals surface area contributed by atoms with Crippen LogP contribution in [0.1, 0.15) is 34.3 Å². The van der Waals surface area contributed by atoms with Gasteiger partial charge in [0.15, 0.2) is 0 Å². The summed E-state index contributed by atoms with van der Waals surface area (Å²) in [5.74, 6) is -0.312. The number of aliphatic hydroxyl groups is 1. The number of aliphatic hydroxyl groups excluding tert-OH is 1. The van der Waals surface area contributed by atoms with Crippen molar-refractivity contribution in [2.75, 3.05) is 13.1 Å². The van der Waals surface area contributed by atoms with Crippen LogP contribution >= 0.6 is 0 Å². The lowest BCUT2D eigenvalue weighted by Crippen LogP contribution is -2.41. The number of likely N-dealkylation sites (tertiary alicyclic amines) is 1. The first-order chi connectivity index (χ1) is 12.0. The van der Waals surface area contributed by atoms with Gasteiger partial charge in [0.25, 0.3) is 5.91 Å². The van der Waals surface area contributed by atoms with Gasteiger partial charge in [-0.2, -0.15) is 0 Å². The summed E-state index contributed by atoms with van der Waals surface area (Å²) in [5.41, 5.74) is 2.35. The quantitative estimate of drug-likeness (QED) is 0.923. The summed E-state index contributed by atoms with van der Waals surface area (Å²) in [7, 11) is 0. The molecular weight excluding hydrogens is 317 g/mol. The van der Waals surface area contributed by atoms with Crippen molar-refractivity contribution < 1.29 is 14.3 Å². The number of aryl methyl sites for hydroxylation is 1. The first-order valence-electron chi connectivity index (χ1n) is 8.82. The summed E-state index contributed by atoms with van der Waals surface area (Å²) in [6.07, 6.45) is 1.79. The van der Waals surface area contributed by atoms with E-state index in [9.17, 15) is 14.3 Å². The number of amides is 1. The van der Waals surface area contributed by atoms with E-state index in [2.05, 4.69) is 0 Å². The van der Waals surface area contributed by atoms with E-state index in [4.69, 9.17) is 0 Å².